The first-order chi connectivity index (χ1) is 12.8. The van der Waals surface area contributed by atoms with E-state index >= 15 is 0 Å². The summed E-state index contributed by atoms with van der Waals surface area (Å²) in [4.78, 5) is 14.2. The van der Waals surface area contributed by atoms with E-state index in [9.17, 15) is 18.5 Å². The Labute approximate surface area is 161 Å². The summed E-state index contributed by atoms with van der Waals surface area (Å²) in [6, 6.07) is 5.47. The Kier molecular flexibility index (Phi) is 5.64. The standard InChI is InChI=1S/C17H18ClN3O5S/c1-12-4-5-13(21(22)23)9-17(12)27(24,25)20-8-2-3-14(11-20)26-16-6-7-19-10-15(16)18/h4-7,9-10,14H,2-3,8,11H2,1H3. The number of sulfonamides is 1. The van der Waals surface area contributed by atoms with E-state index in [1.165, 1.54) is 22.6 Å². The Morgan fingerprint density at radius 3 is 2.85 bits per heavy atom. The van der Waals surface area contributed by atoms with Gasteiger partial charge in [0.1, 0.15) is 16.9 Å². The predicted octanol–water partition coefficient (Wildman–Crippen LogP) is 3.18. The van der Waals surface area contributed by atoms with Crippen LogP contribution in [0.25, 0.3) is 0 Å². The molecule has 3 rings (SSSR count). The van der Waals surface area contributed by atoms with Gasteiger partial charge in [-0.2, -0.15) is 4.31 Å². The van der Waals surface area contributed by atoms with Crippen LogP contribution in [-0.4, -0.2) is 41.8 Å². The molecule has 1 fully saturated rings. The third kappa shape index (κ3) is 4.20. The van der Waals surface area contributed by atoms with E-state index in [0.717, 1.165) is 6.07 Å². The average molecular weight is 412 g/mol. The Hall–Kier alpha value is -2.23. The summed E-state index contributed by atoms with van der Waals surface area (Å²) in [6.07, 6.45) is 3.93. The highest BCUT2D eigenvalue weighted by Gasteiger charge is 2.33. The van der Waals surface area contributed by atoms with Crippen LogP contribution in [0, 0.1) is 17.0 Å². The first-order valence-corrected chi connectivity index (χ1v) is 10.1. The highest BCUT2D eigenvalue weighted by atomic mass is 35.5. The van der Waals surface area contributed by atoms with Crippen molar-refractivity contribution in [2.75, 3.05) is 13.1 Å². The number of benzene rings is 1. The maximum atomic E-state index is 13.1. The lowest BCUT2D eigenvalue weighted by molar-refractivity contribution is -0.385. The van der Waals surface area contributed by atoms with Crippen LogP contribution in [-0.2, 0) is 10.0 Å². The molecule has 0 amide bonds. The maximum Gasteiger partial charge on any atom is 0.270 e. The minimum atomic E-state index is -3.88. The van der Waals surface area contributed by atoms with Crippen molar-refractivity contribution in [3.8, 4) is 5.75 Å². The Morgan fingerprint density at radius 1 is 1.37 bits per heavy atom. The number of ether oxygens (including phenoxy) is 1. The summed E-state index contributed by atoms with van der Waals surface area (Å²) in [5.41, 5.74) is 0.202. The van der Waals surface area contributed by atoms with Crippen LogP contribution < -0.4 is 4.74 Å². The number of halogens is 1. The number of rotatable bonds is 5. The van der Waals surface area contributed by atoms with Gasteiger partial charge in [-0.25, -0.2) is 8.42 Å². The van der Waals surface area contributed by atoms with Crippen LogP contribution in [0.3, 0.4) is 0 Å². The van der Waals surface area contributed by atoms with E-state index in [1.807, 2.05) is 0 Å². The van der Waals surface area contributed by atoms with Crippen LogP contribution in [0.5, 0.6) is 5.75 Å². The molecule has 8 nitrogen and oxygen atoms in total. The molecule has 2 aromatic rings. The predicted molar refractivity (Wildman–Crippen MR) is 99.5 cm³/mol. The second kappa shape index (κ2) is 7.79. The molecule has 1 unspecified atom stereocenters. The van der Waals surface area contributed by atoms with Gasteiger partial charge in [-0.05, 0) is 25.3 Å². The molecule has 0 aliphatic carbocycles. The van der Waals surface area contributed by atoms with E-state index in [-0.39, 0.29) is 23.2 Å². The Morgan fingerprint density at radius 2 is 2.15 bits per heavy atom. The van der Waals surface area contributed by atoms with Gasteiger partial charge in [0, 0.05) is 37.1 Å². The Bertz CT molecular complexity index is 967. The fourth-order valence-electron chi connectivity index (χ4n) is 2.98. The van der Waals surface area contributed by atoms with Crippen molar-refractivity contribution >= 4 is 27.3 Å². The van der Waals surface area contributed by atoms with Crippen molar-refractivity contribution in [2.24, 2.45) is 0 Å². The fourth-order valence-corrected chi connectivity index (χ4v) is 4.90. The minimum Gasteiger partial charge on any atom is -0.487 e. The first kappa shape index (κ1) is 19.5. The molecule has 1 aromatic carbocycles. The molecule has 1 aliphatic rings. The fraction of sp³-hybridized carbons (Fsp3) is 0.353. The monoisotopic (exact) mass is 411 g/mol. The number of hydrogen-bond donors (Lipinski definition) is 0. The molecule has 0 radical (unpaired) electrons. The largest absolute Gasteiger partial charge is 0.487 e. The number of aromatic nitrogens is 1. The summed E-state index contributed by atoms with van der Waals surface area (Å²) >= 11 is 6.05. The molecule has 0 saturated carbocycles. The quantitative estimate of drug-likeness (QED) is 0.553. The molecular formula is C17H18ClN3O5S. The van der Waals surface area contributed by atoms with Crippen molar-refractivity contribution in [1.82, 2.24) is 9.29 Å². The van der Waals surface area contributed by atoms with Gasteiger partial charge in [0.05, 0.1) is 16.4 Å². The van der Waals surface area contributed by atoms with E-state index in [1.54, 1.807) is 19.2 Å². The van der Waals surface area contributed by atoms with Crippen molar-refractivity contribution in [1.29, 1.82) is 0 Å². The van der Waals surface area contributed by atoms with Gasteiger partial charge in [-0.3, -0.25) is 15.1 Å². The molecule has 1 atom stereocenters. The number of non-ortho nitro benzene ring substituents is 1. The zero-order chi connectivity index (χ0) is 19.6. The summed E-state index contributed by atoms with van der Waals surface area (Å²) in [7, 11) is -3.88. The first-order valence-electron chi connectivity index (χ1n) is 8.30. The minimum absolute atomic E-state index is 0.0562. The van der Waals surface area contributed by atoms with Crippen LogP contribution in [0.2, 0.25) is 5.02 Å². The molecule has 10 heteroatoms. The van der Waals surface area contributed by atoms with Crippen molar-refractivity contribution in [3.63, 3.8) is 0 Å². The van der Waals surface area contributed by atoms with Gasteiger partial charge in [-0.15, -0.1) is 0 Å². The number of piperidine rings is 1. The zero-order valence-electron chi connectivity index (χ0n) is 14.5. The molecule has 0 spiro atoms. The molecule has 1 aliphatic heterocycles. The van der Waals surface area contributed by atoms with Crippen LogP contribution in [0.15, 0.2) is 41.6 Å². The smallest absolute Gasteiger partial charge is 0.270 e. The van der Waals surface area contributed by atoms with Crippen molar-refractivity contribution in [3.05, 3.63) is 57.4 Å². The van der Waals surface area contributed by atoms with E-state index in [0.29, 0.717) is 35.7 Å². The van der Waals surface area contributed by atoms with Crippen LogP contribution in [0.1, 0.15) is 18.4 Å². The van der Waals surface area contributed by atoms with Crippen LogP contribution in [0.4, 0.5) is 5.69 Å². The van der Waals surface area contributed by atoms with E-state index in [4.69, 9.17) is 16.3 Å². The van der Waals surface area contributed by atoms with Crippen LogP contribution >= 0.6 is 11.6 Å². The van der Waals surface area contributed by atoms with Gasteiger partial charge in [0.2, 0.25) is 10.0 Å². The topological polar surface area (TPSA) is 103 Å². The van der Waals surface area contributed by atoms with E-state index in [2.05, 4.69) is 4.98 Å². The molecule has 144 valence electrons. The molecule has 27 heavy (non-hydrogen) atoms. The number of pyridine rings is 1. The second-order valence-electron chi connectivity index (χ2n) is 6.26. The summed E-state index contributed by atoms with van der Waals surface area (Å²) in [5.74, 6) is 0.447. The lowest BCUT2D eigenvalue weighted by Gasteiger charge is -2.32. The number of aryl methyl sites for hydroxylation is 1. The Balaban J connectivity index is 1.84. The summed E-state index contributed by atoms with van der Waals surface area (Å²) < 4.78 is 33.3. The average Bonchev–Trinajstić information content (AvgIpc) is 2.64. The van der Waals surface area contributed by atoms with Crippen molar-refractivity contribution < 1.29 is 18.1 Å². The zero-order valence-corrected chi connectivity index (χ0v) is 16.1. The van der Waals surface area contributed by atoms with Gasteiger partial charge >= 0.3 is 0 Å². The number of nitrogens with zero attached hydrogens (tertiary/aromatic N) is 3. The lowest BCUT2D eigenvalue weighted by atomic mass is 10.1. The molecular weight excluding hydrogens is 394 g/mol. The van der Waals surface area contributed by atoms with Gasteiger partial charge in [0.15, 0.2) is 0 Å². The number of hydrogen-bond acceptors (Lipinski definition) is 6. The van der Waals surface area contributed by atoms with Gasteiger partial charge < -0.3 is 4.74 Å². The van der Waals surface area contributed by atoms with Gasteiger partial charge in [0.25, 0.3) is 5.69 Å². The molecule has 0 N–H and O–H groups in total. The number of nitro benzene ring substituents is 1. The molecule has 1 saturated heterocycles. The van der Waals surface area contributed by atoms with E-state index < -0.39 is 14.9 Å². The molecule has 1 aromatic heterocycles. The lowest BCUT2D eigenvalue weighted by Crippen LogP contribution is -2.44. The second-order valence-corrected chi connectivity index (χ2v) is 8.57. The maximum absolute atomic E-state index is 13.1. The summed E-state index contributed by atoms with van der Waals surface area (Å²) in [5, 5.41) is 11.4. The highest BCUT2D eigenvalue weighted by molar-refractivity contribution is 7.89. The molecule has 0 bridgehead atoms. The third-order valence-corrected chi connectivity index (χ3v) is 6.66. The van der Waals surface area contributed by atoms with Gasteiger partial charge in [-0.1, -0.05) is 17.7 Å². The normalized spacial score (nSPS) is 18.2. The molecule has 2 heterocycles. The summed E-state index contributed by atoms with van der Waals surface area (Å²) in [6.45, 7) is 2.09. The third-order valence-electron chi connectivity index (χ3n) is 4.37. The SMILES string of the molecule is Cc1ccc([N+](=O)[O-])cc1S(=O)(=O)N1CCCC(Oc2ccncc2Cl)C1. The highest BCUT2D eigenvalue weighted by Crippen LogP contribution is 2.29. The number of nitro groups is 1. The van der Waals surface area contributed by atoms with Crippen molar-refractivity contribution in [2.45, 2.75) is 30.8 Å².